The zero-order valence-electron chi connectivity index (χ0n) is 9.45. The maximum Gasteiger partial charge on any atom is 0.326 e. The van der Waals surface area contributed by atoms with E-state index in [2.05, 4.69) is 0 Å². The lowest BCUT2D eigenvalue weighted by Crippen LogP contribution is -2.49. The van der Waals surface area contributed by atoms with Crippen molar-refractivity contribution in [3.8, 4) is 0 Å². The second-order valence-corrected chi connectivity index (χ2v) is 4.38. The van der Waals surface area contributed by atoms with E-state index in [0.717, 1.165) is 6.42 Å². The normalized spacial score (nSPS) is 28.5. The Hall–Kier alpha value is -1.56. The maximum atomic E-state index is 12.1. The molecule has 6 heteroatoms. The molecule has 0 spiro atoms. The Bertz CT molecular complexity index is 355. The molecule has 0 aromatic rings. The van der Waals surface area contributed by atoms with Gasteiger partial charge in [0.15, 0.2) is 0 Å². The molecule has 94 valence electrons. The van der Waals surface area contributed by atoms with Crippen LogP contribution in [-0.4, -0.2) is 63.8 Å². The van der Waals surface area contributed by atoms with Crippen LogP contribution in [0.1, 0.15) is 12.8 Å². The minimum atomic E-state index is -1.05. The summed E-state index contributed by atoms with van der Waals surface area (Å²) in [5.74, 6) is -1.05. The van der Waals surface area contributed by atoms with Gasteiger partial charge in [-0.05, 0) is 6.42 Å². The van der Waals surface area contributed by atoms with Crippen LogP contribution in [0.4, 0.5) is 4.79 Å². The van der Waals surface area contributed by atoms with E-state index < -0.39 is 18.1 Å². The van der Waals surface area contributed by atoms with E-state index in [0.29, 0.717) is 13.1 Å². The minimum absolute atomic E-state index is 0.107. The minimum Gasteiger partial charge on any atom is -0.480 e. The molecule has 0 radical (unpaired) electrons. The highest BCUT2D eigenvalue weighted by atomic mass is 16.4. The highest BCUT2D eigenvalue weighted by Crippen LogP contribution is 2.20. The van der Waals surface area contributed by atoms with Crippen molar-refractivity contribution in [3.63, 3.8) is 0 Å². The van der Waals surface area contributed by atoms with Crippen LogP contribution in [-0.2, 0) is 4.79 Å². The molecule has 17 heavy (non-hydrogen) atoms. The molecular weight excluding hydrogens is 224 g/mol. The Morgan fingerprint density at radius 2 is 2.06 bits per heavy atom. The Morgan fingerprint density at radius 1 is 1.29 bits per heavy atom. The van der Waals surface area contributed by atoms with Gasteiger partial charge in [-0.1, -0.05) is 12.2 Å². The smallest absolute Gasteiger partial charge is 0.326 e. The highest BCUT2D eigenvalue weighted by Gasteiger charge is 2.40. The Morgan fingerprint density at radius 3 is 2.65 bits per heavy atom. The standard InChI is InChI=1S/C11H16N2O4/c14-8-6-9(10(15)16)13(7-8)11(17)12-4-2-1-3-5-12/h1-2,8-9,14H,3-7H2,(H,15,16)/t8-,9+/m1/s1. The molecule has 1 fully saturated rings. The molecule has 0 saturated carbocycles. The van der Waals surface area contributed by atoms with Gasteiger partial charge in [-0.2, -0.15) is 0 Å². The van der Waals surface area contributed by atoms with Crippen molar-refractivity contribution in [3.05, 3.63) is 12.2 Å². The van der Waals surface area contributed by atoms with Crippen LogP contribution in [0.3, 0.4) is 0 Å². The summed E-state index contributed by atoms with van der Waals surface area (Å²) in [6, 6.07) is -1.19. The average molecular weight is 240 g/mol. The monoisotopic (exact) mass is 240 g/mol. The van der Waals surface area contributed by atoms with Crippen molar-refractivity contribution >= 4 is 12.0 Å². The first-order chi connectivity index (χ1) is 8.09. The second kappa shape index (κ2) is 4.75. The van der Waals surface area contributed by atoms with E-state index in [1.165, 1.54) is 4.90 Å². The average Bonchev–Trinajstić information content (AvgIpc) is 2.72. The fourth-order valence-corrected chi connectivity index (χ4v) is 2.26. The van der Waals surface area contributed by atoms with Gasteiger partial charge in [-0.25, -0.2) is 9.59 Å². The molecule has 2 atom stereocenters. The largest absolute Gasteiger partial charge is 0.480 e. The van der Waals surface area contributed by atoms with Crippen LogP contribution in [0.15, 0.2) is 12.2 Å². The zero-order chi connectivity index (χ0) is 12.4. The lowest BCUT2D eigenvalue weighted by Gasteiger charge is -2.30. The van der Waals surface area contributed by atoms with E-state index in [9.17, 15) is 14.7 Å². The summed E-state index contributed by atoms with van der Waals surface area (Å²) in [6.45, 7) is 1.22. The predicted octanol–water partition coefficient (Wildman–Crippen LogP) is -0.112. The van der Waals surface area contributed by atoms with Gasteiger partial charge in [0.2, 0.25) is 0 Å². The van der Waals surface area contributed by atoms with Gasteiger partial charge in [0.05, 0.1) is 6.10 Å². The van der Waals surface area contributed by atoms with E-state index in [-0.39, 0.29) is 19.0 Å². The fourth-order valence-electron chi connectivity index (χ4n) is 2.26. The third kappa shape index (κ3) is 2.41. The van der Waals surface area contributed by atoms with Crippen LogP contribution in [0, 0.1) is 0 Å². The first kappa shape index (κ1) is 11.9. The third-order valence-electron chi connectivity index (χ3n) is 3.14. The van der Waals surface area contributed by atoms with Crippen molar-refractivity contribution < 1.29 is 19.8 Å². The SMILES string of the molecule is O=C(O)[C@@H]1C[C@@H](O)CN1C(=O)N1CC=CCC1. The summed E-state index contributed by atoms with van der Waals surface area (Å²) in [5.41, 5.74) is 0. The van der Waals surface area contributed by atoms with Crippen molar-refractivity contribution in [2.75, 3.05) is 19.6 Å². The number of β-amino-alcohol motifs (C(OH)–C–C–N with tert-alkyl or cyclic N) is 1. The number of aliphatic carboxylic acids is 1. The molecule has 0 bridgehead atoms. The summed E-state index contributed by atoms with van der Waals surface area (Å²) >= 11 is 0. The van der Waals surface area contributed by atoms with Crippen LogP contribution in [0.5, 0.6) is 0 Å². The number of aliphatic hydroxyl groups excluding tert-OH is 1. The molecule has 0 aromatic carbocycles. The first-order valence-corrected chi connectivity index (χ1v) is 5.71. The van der Waals surface area contributed by atoms with Crippen molar-refractivity contribution in [2.45, 2.75) is 25.0 Å². The number of carbonyl (C=O) groups is 2. The fraction of sp³-hybridized carbons (Fsp3) is 0.636. The number of likely N-dealkylation sites (tertiary alicyclic amines) is 1. The van der Waals surface area contributed by atoms with Crippen molar-refractivity contribution in [1.29, 1.82) is 0 Å². The summed E-state index contributed by atoms with van der Waals surface area (Å²) in [7, 11) is 0. The molecule has 0 aromatic heterocycles. The molecule has 0 aliphatic carbocycles. The van der Waals surface area contributed by atoms with Crippen LogP contribution < -0.4 is 0 Å². The number of carboxylic acids is 1. The summed E-state index contributed by atoms with van der Waals surface area (Å²) in [5, 5.41) is 18.5. The molecule has 1 saturated heterocycles. The number of amides is 2. The molecule has 0 unspecified atom stereocenters. The number of hydrogen-bond donors (Lipinski definition) is 2. The van der Waals surface area contributed by atoms with Gasteiger partial charge in [0.1, 0.15) is 6.04 Å². The van der Waals surface area contributed by atoms with E-state index >= 15 is 0 Å². The van der Waals surface area contributed by atoms with Gasteiger partial charge < -0.3 is 20.0 Å². The van der Waals surface area contributed by atoms with Crippen molar-refractivity contribution in [1.82, 2.24) is 9.80 Å². The molecule has 2 N–H and O–H groups in total. The second-order valence-electron chi connectivity index (χ2n) is 4.38. The van der Waals surface area contributed by atoms with Crippen LogP contribution >= 0.6 is 0 Å². The molecule has 2 aliphatic heterocycles. The number of urea groups is 1. The van der Waals surface area contributed by atoms with E-state index in [4.69, 9.17) is 5.11 Å². The molecule has 6 nitrogen and oxygen atoms in total. The Kier molecular flexibility index (Phi) is 3.33. The third-order valence-corrected chi connectivity index (χ3v) is 3.14. The van der Waals surface area contributed by atoms with Gasteiger partial charge in [0, 0.05) is 26.1 Å². The first-order valence-electron chi connectivity index (χ1n) is 5.71. The quantitative estimate of drug-likeness (QED) is 0.626. The van der Waals surface area contributed by atoms with Crippen molar-refractivity contribution in [2.24, 2.45) is 0 Å². The predicted molar refractivity (Wildman–Crippen MR) is 59.5 cm³/mol. The van der Waals surface area contributed by atoms with Gasteiger partial charge in [-0.15, -0.1) is 0 Å². The maximum absolute atomic E-state index is 12.1. The van der Waals surface area contributed by atoms with E-state index in [1.54, 1.807) is 4.90 Å². The summed E-state index contributed by atoms with van der Waals surface area (Å²) in [6.07, 6.45) is 4.06. The topological polar surface area (TPSA) is 81.1 Å². The number of hydrogen-bond acceptors (Lipinski definition) is 3. The van der Waals surface area contributed by atoms with Gasteiger partial charge in [0.25, 0.3) is 0 Å². The Labute approximate surface area is 99.1 Å². The lowest BCUT2D eigenvalue weighted by molar-refractivity contribution is -0.141. The molecule has 2 amide bonds. The van der Waals surface area contributed by atoms with Crippen LogP contribution in [0.25, 0.3) is 0 Å². The van der Waals surface area contributed by atoms with Gasteiger partial charge >= 0.3 is 12.0 Å². The number of carboxylic acid groups (broad SMARTS) is 1. The molecule has 2 heterocycles. The van der Waals surface area contributed by atoms with Gasteiger partial charge in [-0.3, -0.25) is 0 Å². The number of nitrogens with zero attached hydrogens (tertiary/aromatic N) is 2. The van der Waals surface area contributed by atoms with E-state index in [1.807, 2.05) is 12.2 Å². The zero-order valence-corrected chi connectivity index (χ0v) is 9.45. The molecular formula is C11H16N2O4. The number of carbonyl (C=O) groups excluding carboxylic acids is 1. The Balaban J connectivity index is 2.07. The molecule has 2 rings (SSSR count). The number of aliphatic hydroxyl groups is 1. The van der Waals surface area contributed by atoms with Crippen LogP contribution in [0.2, 0.25) is 0 Å². The highest BCUT2D eigenvalue weighted by molar-refractivity contribution is 5.83. The lowest BCUT2D eigenvalue weighted by atomic mass is 10.2. The summed E-state index contributed by atoms with van der Waals surface area (Å²) < 4.78 is 0. The summed E-state index contributed by atoms with van der Waals surface area (Å²) in [4.78, 5) is 26.0. The number of rotatable bonds is 1. The molecule has 2 aliphatic rings.